The van der Waals surface area contributed by atoms with Crippen LogP contribution in [0.5, 0.6) is 0 Å². The first kappa shape index (κ1) is 22.8. The minimum absolute atomic E-state index is 0.135. The Kier molecular flexibility index (Phi) is 6.20. The van der Waals surface area contributed by atoms with Crippen LogP contribution in [0, 0.1) is 0 Å². The molecule has 2 heterocycles. The molecule has 3 aromatic rings. The predicted octanol–water partition coefficient (Wildman–Crippen LogP) is 3.63. The first-order valence-electron chi connectivity index (χ1n) is 9.86. The fraction of sp³-hybridized carbons (Fsp3) is 0.0833. The van der Waals surface area contributed by atoms with Gasteiger partial charge in [0.25, 0.3) is 11.8 Å². The summed E-state index contributed by atoms with van der Waals surface area (Å²) in [6.45, 7) is 0. The number of hydrogen-bond donors (Lipinski definition) is 1. The topological polar surface area (TPSA) is 115 Å². The maximum atomic E-state index is 12.8. The summed E-state index contributed by atoms with van der Waals surface area (Å²) in [7, 11) is 2.52. The van der Waals surface area contributed by atoms with E-state index in [4.69, 9.17) is 20.8 Å². The molecule has 0 atom stereocenters. The summed E-state index contributed by atoms with van der Waals surface area (Å²) in [5.41, 5.74) is 3.75. The maximum absolute atomic E-state index is 12.8. The van der Waals surface area contributed by atoms with Crippen LogP contribution in [0.2, 0.25) is 5.02 Å². The molecule has 34 heavy (non-hydrogen) atoms. The molecule has 1 aliphatic heterocycles. The summed E-state index contributed by atoms with van der Waals surface area (Å²) in [5, 5.41) is 1.30. The van der Waals surface area contributed by atoms with Gasteiger partial charge < -0.3 is 13.9 Å². The van der Waals surface area contributed by atoms with Gasteiger partial charge in [-0.1, -0.05) is 11.6 Å². The summed E-state index contributed by atoms with van der Waals surface area (Å²) in [4.78, 5) is 48.7. The molecule has 2 amide bonds. The van der Waals surface area contributed by atoms with Crippen molar-refractivity contribution in [2.75, 3.05) is 19.2 Å². The molecule has 172 valence electrons. The largest absolute Gasteiger partial charge is 0.465 e. The number of nitrogens with zero attached hydrogens (tertiary/aromatic N) is 1. The van der Waals surface area contributed by atoms with Crippen molar-refractivity contribution in [2.45, 2.75) is 0 Å². The number of hydrogen-bond acceptors (Lipinski definition) is 7. The van der Waals surface area contributed by atoms with Crippen molar-refractivity contribution in [1.29, 1.82) is 0 Å². The Hall–Kier alpha value is -4.37. The van der Waals surface area contributed by atoms with Gasteiger partial charge in [0.1, 0.15) is 17.1 Å². The van der Waals surface area contributed by atoms with Gasteiger partial charge in [0.15, 0.2) is 0 Å². The first-order valence-corrected chi connectivity index (χ1v) is 10.2. The average Bonchev–Trinajstić information content (AvgIpc) is 3.43. The Morgan fingerprint density at radius 3 is 2.35 bits per heavy atom. The second-order valence-corrected chi connectivity index (χ2v) is 7.47. The van der Waals surface area contributed by atoms with Gasteiger partial charge in [0, 0.05) is 5.56 Å². The summed E-state index contributed by atoms with van der Waals surface area (Å²) in [5.74, 6) is -1.65. The molecular formula is C24H17ClN2O7. The highest BCUT2D eigenvalue weighted by molar-refractivity contribution is 6.33. The van der Waals surface area contributed by atoms with E-state index in [-0.39, 0.29) is 21.9 Å². The Morgan fingerprint density at radius 1 is 0.971 bits per heavy atom. The number of nitrogens with one attached hydrogen (secondary N) is 1. The van der Waals surface area contributed by atoms with Crippen LogP contribution < -0.4 is 10.4 Å². The van der Waals surface area contributed by atoms with Crippen molar-refractivity contribution in [3.63, 3.8) is 0 Å². The molecule has 1 fully saturated rings. The van der Waals surface area contributed by atoms with E-state index in [0.29, 0.717) is 22.6 Å². The number of methoxy groups -OCH3 is 2. The van der Waals surface area contributed by atoms with Gasteiger partial charge in [-0.2, -0.15) is 0 Å². The summed E-state index contributed by atoms with van der Waals surface area (Å²) >= 11 is 6.05. The van der Waals surface area contributed by atoms with Crippen LogP contribution in [0.15, 0.2) is 64.6 Å². The molecule has 2 aromatic carbocycles. The van der Waals surface area contributed by atoms with Gasteiger partial charge in [0.05, 0.1) is 36.1 Å². The lowest BCUT2D eigenvalue weighted by molar-refractivity contribution is -0.117. The number of furan rings is 1. The van der Waals surface area contributed by atoms with Gasteiger partial charge in [-0.25, -0.2) is 14.6 Å². The van der Waals surface area contributed by atoms with Gasteiger partial charge in [0.2, 0.25) is 0 Å². The molecule has 0 radical (unpaired) electrons. The van der Waals surface area contributed by atoms with Crippen LogP contribution in [0.3, 0.4) is 0 Å². The van der Waals surface area contributed by atoms with Crippen LogP contribution in [0.25, 0.3) is 17.4 Å². The zero-order chi connectivity index (χ0) is 24.4. The van der Waals surface area contributed by atoms with Crippen molar-refractivity contribution in [3.8, 4) is 11.3 Å². The van der Waals surface area contributed by atoms with E-state index >= 15 is 0 Å². The summed E-state index contributed by atoms with van der Waals surface area (Å²) < 4.78 is 15.1. The third kappa shape index (κ3) is 4.28. The highest BCUT2D eigenvalue weighted by Gasteiger charge is 2.34. The number of anilines is 1. The number of esters is 2. The summed E-state index contributed by atoms with van der Waals surface area (Å²) in [6.07, 6.45) is 1.32. The lowest BCUT2D eigenvalue weighted by atomic mass is 10.1. The molecule has 0 unspecified atom stereocenters. The van der Waals surface area contributed by atoms with E-state index in [1.807, 2.05) is 0 Å². The van der Waals surface area contributed by atoms with E-state index in [9.17, 15) is 19.2 Å². The second-order valence-electron chi connectivity index (χ2n) is 7.07. The van der Waals surface area contributed by atoms with Crippen LogP contribution in [0.4, 0.5) is 5.69 Å². The van der Waals surface area contributed by atoms with E-state index < -0.39 is 23.8 Å². The molecule has 1 N–H and O–H groups in total. The highest BCUT2D eigenvalue weighted by atomic mass is 35.5. The van der Waals surface area contributed by atoms with E-state index in [0.717, 1.165) is 5.01 Å². The average molecular weight is 481 g/mol. The minimum atomic E-state index is -0.612. The smallest absolute Gasteiger partial charge is 0.339 e. The number of rotatable bonds is 5. The minimum Gasteiger partial charge on any atom is -0.465 e. The van der Waals surface area contributed by atoms with Crippen molar-refractivity contribution >= 4 is 47.1 Å². The van der Waals surface area contributed by atoms with Gasteiger partial charge in [-0.05, 0) is 60.7 Å². The van der Waals surface area contributed by atoms with E-state index in [1.165, 1.54) is 50.6 Å². The number of hydrazine groups is 1. The van der Waals surface area contributed by atoms with E-state index in [2.05, 4.69) is 10.2 Å². The number of halogens is 1. The third-order valence-corrected chi connectivity index (χ3v) is 5.34. The Labute approximate surface area is 198 Å². The quantitative estimate of drug-likeness (QED) is 0.337. The predicted molar refractivity (Wildman–Crippen MR) is 122 cm³/mol. The normalized spacial score (nSPS) is 14.3. The molecular weight excluding hydrogens is 464 g/mol. The van der Waals surface area contributed by atoms with Crippen LogP contribution in [-0.4, -0.2) is 38.0 Å². The monoisotopic (exact) mass is 480 g/mol. The zero-order valence-corrected chi connectivity index (χ0v) is 18.7. The standard InChI is InChI=1S/C24H17ClN2O7/c1-32-23(30)13-3-6-15(7-4-13)27-22(29)18(21(28)26-27)12-16-8-10-20(34-16)14-5-9-19(25)17(11-14)24(31)33-2/h3-12H,1-2H3,(H,26,28)/b18-12+. The Balaban J connectivity index is 1.58. The number of carbonyl (C=O) groups excluding carboxylic acids is 4. The fourth-order valence-electron chi connectivity index (χ4n) is 3.28. The van der Waals surface area contributed by atoms with Crippen molar-refractivity contribution in [2.24, 2.45) is 0 Å². The lowest BCUT2D eigenvalue weighted by Gasteiger charge is -2.14. The SMILES string of the molecule is COC(=O)c1ccc(N2NC(=O)/C(=C\c3ccc(-c4ccc(Cl)c(C(=O)OC)c4)o3)C2=O)cc1. The fourth-order valence-corrected chi connectivity index (χ4v) is 3.47. The molecule has 9 nitrogen and oxygen atoms in total. The van der Waals surface area contributed by atoms with E-state index in [1.54, 1.807) is 24.3 Å². The Bertz CT molecular complexity index is 1340. The lowest BCUT2D eigenvalue weighted by Crippen LogP contribution is -2.35. The van der Waals surface area contributed by atoms with Gasteiger partial charge in [-0.3, -0.25) is 15.0 Å². The maximum Gasteiger partial charge on any atom is 0.339 e. The first-order chi connectivity index (χ1) is 16.3. The van der Waals surface area contributed by atoms with Crippen LogP contribution in [-0.2, 0) is 19.1 Å². The number of carbonyl (C=O) groups is 4. The zero-order valence-electron chi connectivity index (χ0n) is 18.0. The molecule has 0 aliphatic carbocycles. The van der Waals surface area contributed by atoms with Crippen molar-refractivity contribution in [3.05, 3.63) is 82.1 Å². The van der Waals surface area contributed by atoms with Gasteiger partial charge >= 0.3 is 11.9 Å². The van der Waals surface area contributed by atoms with Crippen LogP contribution >= 0.6 is 11.6 Å². The Morgan fingerprint density at radius 2 is 1.68 bits per heavy atom. The molecule has 1 aromatic heterocycles. The molecule has 0 spiro atoms. The van der Waals surface area contributed by atoms with Gasteiger partial charge in [-0.15, -0.1) is 0 Å². The molecule has 1 saturated heterocycles. The molecule has 0 saturated carbocycles. The second kappa shape index (κ2) is 9.24. The highest BCUT2D eigenvalue weighted by Crippen LogP contribution is 2.29. The van der Waals surface area contributed by atoms with Crippen LogP contribution in [0.1, 0.15) is 26.5 Å². The molecule has 0 bridgehead atoms. The number of amides is 2. The molecule has 10 heteroatoms. The van der Waals surface area contributed by atoms with Crippen molar-refractivity contribution in [1.82, 2.24) is 5.43 Å². The third-order valence-electron chi connectivity index (χ3n) is 5.01. The van der Waals surface area contributed by atoms with Crippen molar-refractivity contribution < 1.29 is 33.1 Å². The summed E-state index contributed by atoms with van der Waals surface area (Å²) in [6, 6.07) is 13.9. The molecule has 1 aliphatic rings. The molecule has 4 rings (SSSR count). The number of benzene rings is 2. The number of ether oxygens (including phenoxy) is 2.